The van der Waals surface area contributed by atoms with E-state index in [9.17, 15) is 4.79 Å². The van der Waals surface area contributed by atoms with Gasteiger partial charge in [0.2, 0.25) is 5.91 Å². The Morgan fingerprint density at radius 1 is 1.17 bits per heavy atom. The molecule has 1 aliphatic heterocycles. The zero-order valence-electron chi connectivity index (χ0n) is 20.0. The summed E-state index contributed by atoms with van der Waals surface area (Å²) in [6, 6.07) is 5.93. The number of hydrogen-bond acceptors (Lipinski definition) is 8. The van der Waals surface area contributed by atoms with Crippen molar-refractivity contribution in [1.82, 2.24) is 24.6 Å². The maximum atomic E-state index is 12.5. The lowest BCUT2D eigenvalue weighted by molar-refractivity contribution is -0.117. The molecule has 0 bridgehead atoms. The van der Waals surface area contributed by atoms with Gasteiger partial charge in [0.25, 0.3) is 0 Å². The van der Waals surface area contributed by atoms with E-state index in [0.29, 0.717) is 30.0 Å². The monoisotopic (exact) mass is 472 g/mol. The van der Waals surface area contributed by atoms with Crippen molar-refractivity contribution in [1.29, 1.82) is 0 Å². The summed E-state index contributed by atoms with van der Waals surface area (Å²) in [7, 11) is 1.82. The Bertz CT molecular complexity index is 1430. The van der Waals surface area contributed by atoms with Crippen LogP contribution in [0.15, 0.2) is 36.8 Å². The van der Waals surface area contributed by atoms with Gasteiger partial charge in [-0.3, -0.25) is 4.79 Å². The lowest BCUT2D eigenvalue weighted by Gasteiger charge is -2.32. The summed E-state index contributed by atoms with van der Waals surface area (Å²) in [5.74, 6) is 2.31. The molecule has 0 radical (unpaired) electrons. The minimum Gasteiger partial charge on any atom is -0.375 e. The van der Waals surface area contributed by atoms with Crippen LogP contribution in [0.5, 0.6) is 0 Å². The van der Waals surface area contributed by atoms with Crippen LogP contribution >= 0.6 is 0 Å². The summed E-state index contributed by atoms with van der Waals surface area (Å²) in [4.78, 5) is 28.6. The normalized spacial score (nSPS) is 21.9. The molecule has 1 aliphatic carbocycles. The molecule has 2 aliphatic rings. The van der Waals surface area contributed by atoms with E-state index in [-0.39, 0.29) is 17.9 Å². The van der Waals surface area contributed by atoms with Crippen LogP contribution in [0, 0.1) is 11.8 Å². The molecular formula is C25H28N8O2. The number of hydrogen-bond donors (Lipinski definition) is 2. The minimum absolute atomic E-state index is 0.0182. The Labute approximate surface area is 202 Å². The smallest absolute Gasteiger partial charge is 0.228 e. The molecule has 2 N–H and O–H groups in total. The van der Waals surface area contributed by atoms with Crippen LogP contribution in [0.25, 0.3) is 27.8 Å². The highest BCUT2D eigenvalue weighted by Crippen LogP contribution is 2.39. The van der Waals surface area contributed by atoms with Gasteiger partial charge in [-0.1, -0.05) is 6.92 Å². The van der Waals surface area contributed by atoms with E-state index in [1.807, 2.05) is 25.4 Å². The summed E-state index contributed by atoms with van der Waals surface area (Å²) >= 11 is 0. The number of ether oxygens (including phenoxy) is 1. The fourth-order valence-corrected chi connectivity index (χ4v) is 4.71. The van der Waals surface area contributed by atoms with Gasteiger partial charge in [0.1, 0.15) is 11.6 Å². The van der Waals surface area contributed by atoms with Gasteiger partial charge in [0.05, 0.1) is 24.6 Å². The SMILES string of the molecule is CNc1ncc(-c2nc3ccc(N4CCO[C@H](C)C4)cn3n2)c2cc(NC(=O)[C@H]3C[C@H]3C)ncc12. The highest BCUT2D eigenvalue weighted by molar-refractivity contribution is 6.03. The van der Waals surface area contributed by atoms with Crippen molar-refractivity contribution in [3.63, 3.8) is 0 Å². The van der Waals surface area contributed by atoms with Crippen molar-refractivity contribution in [2.24, 2.45) is 11.8 Å². The molecule has 10 nitrogen and oxygen atoms in total. The summed E-state index contributed by atoms with van der Waals surface area (Å²) in [5.41, 5.74) is 2.62. The number of morpholine rings is 1. The van der Waals surface area contributed by atoms with Gasteiger partial charge in [-0.05, 0) is 37.5 Å². The van der Waals surface area contributed by atoms with Crippen LogP contribution in [0.2, 0.25) is 0 Å². The van der Waals surface area contributed by atoms with Crippen LogP contribution in [0.1, 0.15) is 20.3 Å². The van der Waals surface area contributed by atoms with E-state index in [2.05, 4.69) is 45.4 Å². The van der Waals surface area contributed by atoms with Gasteiger partial charge in [0.15, 0.2) is 11.5 Å². The predicted octanol–water partition coefficient (Wildman–Crippen LogP) is 3.20. The largest absolute Gasteiger partial charge is 0.375 e. The maximum absolute atomic E-state index is 12.5. The lowest BCUT2D eigenvalue weighted by atomic mass is 10.1. The quantitative estimate of drug-likeness (QED) is 0.456. The van der Waals surface area contributed by atoms with Crippen LogP contribution < -0.4 is 15.5 Å². The van der Waals surface area contributed by atoms with Gasteiger partial charge in [-0.15, -0.1) is 5.10 Å². The van der Waals surface area contributed by atoms with Crippen molar-refractivity contribution >= 4 is 39.6 Å². The molecule has 0 unspecified atom stereocenters. The number of rotatable bonds is 5. The average molecular weight is 473 g/mol. The van der Waals surface area contributed by atoms with Crippen LogP contribution in [-0.2, 0) is 9.53 Å². The second-order valence-electron chi connectivity index (χ2n) is 9.45. The number of anilines is 3. The first kappa shape index (κ1) is 21.7. The Hall–Kier alpha value is -3.79. The molecule has 4 aromatic heterocycles. The Kier molecular flexibility index (Phi) is 5.25. The van der Waals surface area contributed by atoms with E-state index in [1.165, 1.54) is 0 Å². The average Bonchev–Trinajstić information content (AvgIpc) is 3.45. The molecular weight excluding hydrogens is 444 g/mol. The zero-order chi connectivity index (χ0) is 24.1. The molecule has 180 valence electrons. The van der Waals surface area contributed by atoms with Gasteiger partial charge in [-0.2, -0.15) is 0 Å². The molecule has 3 atom stereocenters. The van der Waals surface area contributed by atoms with E-state index in [4.69, 9.17) is 14.8 Å². The molecule has 1 saturated carbocycles. The molecule has 5 heterocycles. The summed E-state index contributed by atoms with van der Waals surface area (Å²) in [6.07, 6.45) is 6.62. The number of fused-ring (bicyclic) bond motifs is 2. The van der Waals surface area contributed by atoms with Crippen LogP contribution in [-0.4, -0.2) is 63.3 Å². The molecule has 2 fully saturated rings. The molecule has 0 spiro atoms. The highest BCUT2D eigenvalue weighted by atomic mass is 16.5. The lowest BCUT2D eigenvalue weighted by Crippen LogP contribution is -2.41. The third-order valence-corrected chi connectivity index (χ3v) is 6.87. The molecule has 6 rings (SSSR count). The second-order valence-corrected chi connectivity index (χ2v) is 9.45. The van der Waals surface area contributed by atoms with Gasteiger partial charge in [-0.25, -0.2) is 19.5 Å². The van der Waals surface area contributed by atoms with Crippen molar-refractivity contribution in [2.45, 2.75) is 26.4 Å². The Morgan fingerprint density at radius 3 is 2.80 bits per heavy atom. The molecule has 0 aromatic carbocycles. The molecule has 10 heteroatoms. The number of amides is 1. The number of carbonyl (C=O) groups is 1. The van der Waals surface area contributed by atoms with Crippen LogP contribution in [0.4, 0.5) is 17.3 Å². The summed E-state index contributed by atoms with van der Waals surface area (Å²) in [6.45, 7) is 6.57. The first-order valence-electron chi connectivity index (χ1n) is 12.0. The standard InChI is InChI=1S/C25H28N8O2/c1-14-8-17(14)25(34)29-21-9-18-19(10-27-21)23(26-3)28-11-20(18)24-30-22-5-4-16(13-33(22)31-24)32-6-7-35-15(2)12-32/h4-5,9-11,13-15,17H,6-8,12H2,1-3H3,(H,26,28)(H,27,29,34)/t14-,15-,17+/m1/s1. The van der Waals surface area contributed by atoms with Gasteiger partial charge < -0.3 is 20.3 Å². The predicted molar refractivity (Wildman–Crippen MR) is 135 cm³/mol. The van der Waals surface area contributed by atoms with E-state index in [1.54, 1.807) is 16.9 Å². The highest BCUT2D eigenvalue weighted by Gasteiger charge is 2.39. The number of nitrogens with one attached hydrogen (secondary N) is 2. The third kappa shape index (κ3) is 4.03. The number of pyridine rings is 3. The van der Waals surface area contributed by atoms with Crippen molar-refractivity contribution in [3.05, 3.63) is 36.8 Å². The topological polar surface area (TPSA) is 110 Å². The Morgan fingerprint density at radius 2 is 2.03 bits per heavy atom. The molecule has 35 heavy (non-hydrogen) atoms. The summed E-state index contributed by atoms with van der Waals surface area (Å²) in [5, 5.41) is 12.6. The third-order valence-electron chi connectivity index (χ3n) is 6.87. The maximum Gasteiger partial charge on any atom is 0.228 e. The van der Waals surface area contributed by atoms with Crippen molar-refractivity contribution < 1.29 is 9.53 Å². The van der Waals surface area contributed by atoms with E-state index in [0.717, 1.165) is 47.2 Å². The first-order chi connectivity index (χ1) is 17.0. The molecule has 1 saturated heterocycles. The van der Waals surface area contributed by atoms with E-state index >= 15 is 0 Å². The fraction of sp³-hybridized carbons (Fsp3) is 0.400. The first-order valence-corrected chi connectivity index (χ1v) is 12.0. The fourth-order valence-electron chi connectivity index (χ4n) is 4.71. The van der Waals surface area contributed by atoms with Gasteiger partial charge in [0, 0.05) is 54.8 Å². The van der Waals surface area contributed by atoms with Crippen molar-refractivity contribution in [2.75, 3.05) is 42.3 Å². The number of nitrogens with zero attached hydrogens (tertiary/aromatic N) is 6. The minimum atomic E-state index is 0.0182. The summed E-state index contributed by atoms with van der Waals surface area (Å²) < 4.78 is 7.48. The Balaban J connectivity index is 1.39. The molecule has 4 aromatic rings. The number of aromatic nitrogens is 5. The van der Waals surface area contributed by atoms with Gasteiger partial charge >= 0.3 is 0 Å². The molecule has 1 amide bonds. The number of carbonyl (C=O) groups excluding carboxylic acids is 1. The van der Waals surface area contributed by atoms with E-state index < -0.39 is 0 Å². The van der Waals surface area contributed by atoms with Crippen LogP contribution in [0.3, 0.4) is 0 Å². The zero-order valence-corrected chi connectivity index (χ0v) is 20.0. The van der Waals surface area contributed by atoms with Crippen molar-refractivity contribution in [3.8, 4) is 11.4 Å². The second kappa shape index (κ2) is 8.46.